The van der Waals surface area contributed by atoms with Crippen LogP contribution in [-0.2, 0) is 4.79 Å². The number of aliphatic imine (C=N–C) groups is 1. The van der Waals surface area contributed by atoms with Crippen LogP contribution in [0.4, 0.5) is 4.39 Å². The van der Waals surface area contributed by atoms with Gasteiger partial charge in [-0.05, 0) is 50.5 Å². The predicted octanol–water partition coefficient (Wildman–Crippen LogP) is 2.16. The second-order valence-corrected chi connectivity index (χ2v) is 6.40. The van der Waals surface area contributed by atoms with E-state index in [0.29, 0.717) is 37.9 Å². The van der Waals surface area contributed by atoms with E-state index in [4.69, 9.17) is 4.74 Å². The molecule has 1 aliphatic rings. The van der Waals surface area contributed by atoms with Gasteiger partial charge in [0.05, 0.1) is 6.54 Å². The molecule has 0 aliphatic heterocycles. The standard InChI is InChI=1S/C19H29FN4O2/c1-3-21-19(22-12-4-5-18(25)23-16-8-9-16)24(2)13-14-26-17-10-6-15(20)7-11-17/h6-7,10-11,16H,3-5,8-9,12-14H2,1-2H3,(H,21,22)(H,23,25). The average Bonchev–Trinajstić information content (AvgIpc) is 3.43. The number of halogens is 1. The van der Waals surface area contributed by atoms with Crippen LogP contribution in [0.15, 0.2) is 29.3 Å². The first-order chi connectivity index (χ1) is 12.6. The van der Waals surface area contributed by atoms with Crippen LogP contribution in [0.3, 0.4) is 0 Å². The quantitative estimate of drug-likeness (QED) is 0.379. The molecule has 7 heteroatoms. The number of carbonyl (C=O) groups is 1. The van der Waals surface area contributed by atoms with Crippen LogP contribution in [-0.4, -0.2) is 56.1 Å². The van der Waals surface area contributed by atoms with Gasteiger partial charge in [-0.3, -0.25) is 9.79 Å². The summed E-state index contributed by atoms with van der Waals surface area (Å²) in [5.74, 6) is 1.27. The monoisotopic (exact) mass is 364 g/mol. The van der Waals surface area contributed by atoms with Crippen molar-refractivity contribution in [3.63, 3.8) is 0 Å². The molecule has 1 amide bonds. The molecule has 0 atom stereocenters. The number of nitrogens with zero attached hydrogens (tertiary/aromatic N) is 2. The van der Waals surface area contributed by atoms with Gasteiger partial charge in [0.15, 0.2) is 5.96 Å². The molecule has 1 aliphatic carbocycles. The summed E-state index contributed by atoms with van der Waals surface area (Å²) in [7, 11) is 1.94. The Morgan fingerprint density at radius 2 is 2.08 bits per heavy atom. The number of carbonyl (C=O) groups excluding carboxylic acids is 1. The molecule has 0 heterocycles. The summed E-state index contributed by atoms with van der Waals surface area (Å²) < 4.78 is 18.5. The zero-order valence-electron chi connectivity index (χ0n) is 15.6. The minimum absolute atomic E-state index is 0.119. The third-order valence-corrected chi connectivity index (χ3v) is 3.97. The number of nitrogens with one attached hydrogen (secondary N) is 2. The summed E-state index contributed by atoms with van der Waals surface area (Å²) in [4.78, 5) is 18.2. The summed E-state index contributed by atoms with van der Waals surface area (Å²) in [5.41, 5.74) is 0. The van der Waals surface area contributed by atoms with E-state index < -0.39 is 0 Å². The van der Waals surface area contributed by atoms with Crippen molar-refractivity contribution in [3.8, 4) is 5.75 Å². The first-order valence-electron chi connectivity index (χ1n) is 9.25. The maximum Gasteiger partial charge on any atom is 0.220 e. The molecule has 1 fully saturated rings. The minimum Gasteiger partial charge on any atom is -0.492 e. The van der Waals surface area contributed by atoms with E-state index in [9.17, 15) is 9.18 Å². The molecule has 0 bridgehead atoms. The summed E-state index contributed by atoms with van der Waals surface area (Å²) in [6.45, 7) is 4.50. The molecule has 0 aromatic heterocycles. The number of benzene rings is 1. The third-order valence-electron chi connectivity index (χ3n) is 3.97. The smallest absolute Gasteiger partial charge is 0.220 e. The van der Waals surface area contributed by atoms with Gasteiger partial charge in [-0.2, -0.15) is 0 Å². The first kappa shape index (κ1) is 20.0. The van der Waals surface area contributed by atoms with E-state index in [1.165, 1.54) is 12.1 Å². The van der Waals surface area contributed by atoms with Gasteiger partial charge in [0.1, 0.15) is 18.2 Å². The lowest BCUT2D eigenvalue weighted by atomic mass is 10.3. The van der Waals surface area contributed by atoms with Gasteiger partial charge >= 0.3 is 0 Å². The Bertz CT molecular complexity index is 588. The lowest BCUT2D eigenvalue weighted by Gasteiger charge is -2.22. The van der Waals surface area contributed by atoms with Crippen LogP contribution in [0, 0.1) is 5.82 Å². The Labute approximate surface area is 154 Å². The van der Waals surface area contributed by atoms with E-state index in [1.807, 2.05) is 18.9 Å². The number of rotatable bonds is 10. The molecule has 144 valence electrons. The predicted molar refractivity (Wildman–Crippen MR) is 101 cm³/mol. The van der Waals surface area contributed by atoms with Crippen molar-refractivity contribution >= 4 is 11.9 Å². The van der Waals surface area contributed by atoms with Crippen molar-refractivity contribution in [3.05, 3.63) is 30.1 Å². The van der Waals surface area contributed by atoms with E-state index in [2.05, 4.69) is 15.6 Å². The zero-order valence-corrected chi connectivity index (χ0v) is 15.6. The fraction of sp³-hybridized carbons (Fsp3) is 0.579. The first-order valence-corrected chi connectivity index (χ1v) is 9.25. The van der Waals surface area contributed by atoms with Crippen LogP contribution in [0.5, 0.6) is 5.75 Å². The molecule has 1 saturated carbocycles. The van der Waals surface area contributed by atoms with Crippen molar-refractivity contribution in [2.45, 2.75) is 38.6 Å². The van der Waals surface area contributed by atoms with Crippen molar-refractivity contribution in [2.75, 3.05) is 33.3 Å². The van der Waals surface area contributed by atoms with Crippen LogP contribution in [0.25, 0.3) is 0 Å². The SMILES string of the molecule is CCNC(=NCCCC(=O)NC1CC1)N(C)CCOc1ccc(F)cc1. The molecule has 26 heavy (non-hydrogen) atoms. The van der Waals surface area contributed by atoms with Crippen LogP contribution >= 0.6 is 0 Å². The van der Waals surface area contributed by atoms with Crippen molar-refractivity contribution in [2.24, 2.45) is 4.99 Å². The Balaban J connectivity index is 1.69. The molecular formula is C19H29FN4O2. The van der Waals surface area contributed by atoms with Gasteiger partial charge in [0.2, 0.25) is 5.91 Å². The maximum atomic E-state index is 12.9. The Morgan fingerprint density at radius 1 is 1.35 bits per heavy atom. The summed E-state index contributed by atoms with van der Waals surface area (Å²) >= 11 is 0. The summed E-state index contributed by atoms with van der Waals surface area (Å²) in [6.07, 6.45) is 3.46. The van der Waals surface area contributed by atoms with E-state index in [0.717, 1.165) is 31.8 Å². The molecule has 1 aromatic rings. The third kappa shape index (κ3) is 7.72. The Hall–Kier alpha value is -2.31. The Morgan fingerprint density at radius 3 is 2.73 bits per heavy atom. The van der Waals surface area contributed by atoms with Crippen LogP contribution < -0.4 is 15.4 Å². The highest BCUT2D eigenvalue weighted by Gasteiger charge is 2.22. The maximum absolute atomic E-state index is 12.9. The normalized spacial score (nSPS) is 14.0. The van der Waals surface area contributed by atoms with E-state index in [-0.39, 0.29) is 11.7 Å². The average molecular weight is 364 g/mol. The van der Waals surface area contributed by atoms with Crippen LogP contribution in [0.2, 0.25) is 0 Å². The van der Waals surface area contributed by atoms with Crippen molar-refractivity contribution < 1.29 is 13.9 Å². The van der Waals surface area contributed by atoms with Gasteiger partial charge in [-0.25, -0.2) is 4.39 Å². The molecular weight excluding hydrogens is 335 g/mol. The number of hydrogen-bond acceptors (Lipinski definition) is 3. The number of hydrogen-bond donors (Lipinski definition) is 2. The largest absolute Gasteiger partial charge is 0.492 e. The van der Waals surface area contributed by atoms with Crippen LogP contribution in [0.1, 0.15) is 32.6 Å². The van der Waals surface area contributed by atoms with Crippen molar-refractivity contribution in [1.82, 2.24) is 15.5 Å². The fourth-order valence-electron chi connectivity index (χ4n) is 2.36. The number of ether oxygens (including phenoxy) is 1. The molecule has 2 rings (SSSR count). The van der Waals surface area contributed by atoms with Gasteiger partial charge in [0, 0.05) is 32.6 Å². The van der Waals surface area contributed by atoms with E-state index >= 15 is 0 Å². The van der Waals surface area contributed by atoms with Gasteiger partial charge in [-0.15, -0.1) is 0 Å². The van der Waals surface area contributed by atoms with Gasteiger partial charge in [-0.1, -0.05) is 0 Å². The number of amides is 1. The lowest BCUT2D eigenvalue weighted by Crippen LogP contribution is -2.41. The number of guanidine groups is 1. The molecule has 2 N–H and O–H groups in total. The topological polar surface area (TPSA) is 66.0 Å². The summed E-state index contributed by atoms with van der Waals surface area (Å²) in [6, 6.07) is 6.40. The Kier molecular flexibility index (Phi) is 8.18. The molecule has 1 aromatic carbocycles. The molecule has 0 radical (unpaired) electrons. The van der Waals surface area contributed by atoms with E-state index in [1.54, 1.807) is 12.1 Å². The summed E-state index contributed by atoms with van der Waals surface area (Å²) in [5, 5.41) is 6.22. The zero-order chi connectivity index (χ0) is 18.8. The van der Waals surface area contributed by atoms with Gasteiger partial charge < -0.3 is 20.3 Å². The second-order valence-electron chi connectivity index (χ2n) is 6.40. The highest BCUT2D eigenvalue weighted by molar-refractivity contribution is 5.80. The molecule has 0 spiro atoms. The fourth-order valence-corrected chi connectivity index (χ4v) is 2.36. The minimum atomic E-state index is -0.276. The lowest BCUT2D eigenvalue weighted by molar-refractivity contribution is -0.121. The second kappa shape index (κ2) is 10.6. The van der Waals surface area contributed by atoms with Crippen molar-refractivity contribution in [1.29, 1.82) is 0 Å². The highest BCUT2D eigenvalue weighted by Crippen LogP contribution is 2.18. The molecule has 0 saturated heterocycles. The highest BCUT2D eigenvalue weighted by atomic mass is 19.1. The van der Waals surface area contributed by atoms with Gasteiger partial charge in [0.25, 0.3) is 0 Å². The molecule has 6 nitrogen and oxygen atoms in total. The molecule has 0 unspecified atom stereocenters. The number of likely N-dealkylation sites (N-methyl/N-ethyl adjacent to an activating group) is 1.